The molecule has 0 radical (unpaired) electrons. The van der Waals surface area contributed by atoms with E-state index in [9.17, 15) is 19.8 Å². The van der Waals surface area contributed by atoms with Gasteiger partial charge in [0.1, 0.15) is 0 Å². The zero-order valence-electron chi connectivity index (χ0n) is 41.9. The second-order valence-electron chi connectivity index (χ2n) is 19.3. The normalized spacial score (nSPS) is 12.6. The molecular formula is C56H109NO5. The number of carbonyl (C=O) groups excluding carboxylic acids is 2. The number of unbranched alkanes of at least 4 members (excludes halogenated alkanes) is 39. The zero-order valence-corrected chi connectivity index (χ0v) is 41.9. The predicted molar refractivity (Wildman–Crippen MR) is 269 cm³/mol. The highest BCUT2D eigenvalue weighted by atomic mass is 16.5. The Hall–Kier alpha value is -1.40. The molecule has 0 aliphatic rings. The van der Waals surface area contributed by atoms with E-state index in [1.165, 1.54) is 218 Å². The van der Waals surface area contributed by atoms with Gasteiger partial charge in [0, 0.05) is 12.8 Å². The number of carbonyl (C=O) groups is 2. The van der Waals surface area contributed by atoms with E-state index in [1.54, 1.807) is 0 Å². The number of rotatable bonds is 52. The summed E-state index contributed by atoms with van der Waals surface area (Å²) in [6.07, 6.45) is 60.4. The molecule has 0 rings (SSSR count). The van der Waals surface area contributed by atoms with Crippen molar-refractivity contribution in [2.24, 2.45) is 0 Å². The fraction of sp³-hybridized carbons (Fsp3) is 0.929. The zero-order chi connectivity index (χ0) is 45.1. The topological polar surface area (TPSA) is 95.9 Å². The Morgan fingerprint density at radius 3 is 1.15 bits per heavy atom. The molecule has 0 spiro atoms. The van der Waals surface area contributed by atoms with Crippen LogP contribution in [0.1, 0.15) is 309 Å². The number of allylic oxidation sites excluding steroid dienone is 2. The van der Waals surface area contributed by atoms with Gasteiger partial charge in [-0.05, 0) is 51.4 Å². The number of esters is 1. The molecule has 0 aromatic carbocycles. The van der Waals surface area contributed by atoms with Crippen LogP contribution in [-0.4, -0.2) is 47.4 Å². The van der Waals surface area contributed by atoms with Crippen LogP contribution in [0.5, 0.6) is 0 Å². The third-order valence-corrected chi connectivity index (χ3v) is 13.1. The Kier molecular flexibility index (Phi) is 51.0. The first-order chi connectivity index (χ1) is 30.5. The van der Waals surface area contributed by atoms with Crippen molar-refractivity contribution in [3.05, 3.63) is 12.2 Å². The Balaban J connectivity index is 3.43. The van der Waals surface area contributed by atoms with Crippen molar-refractivity contribution in [2.45, 2.75) is 321 Å². The van der Waals surface area contributed by atoms with E-state index in [2.05, 4.69) is 31.3 Å². The van der Waals surface area contributed by atoms with E-state index in [-0.39, 0.29) is 18.5 Å². The number of aliphatic hydroxyl groups excluding tert-OH is 2. The van der Waals surface area contributed by atoms with Crippen molar-refractivity contribution in [1.82, 2.24) is 5.32 Å². The molecule has 1 amide bonds. The summed E-state index contributed by atoms with van der Waals surface area (Å²) in [5.74, 6) is -0.0581. The number of hydrogen-bond donors (Lipinski definition) is 3. The molecule has 0 heterocycles. The number of ether oxygens (including phenoxy) is 1. The number of hydrogen-bond acceptors (Lipinski definition) is 5. The van der Waals surface area contributed by atoms with Crippen LogP contribution in [0.2, 0.25) is 0 Å². The first kappa shape index (κ1) is 60.6. The third kappa shape index (κ3) is 48.1. The molecule has 0 bridgehead atoms. The van der Waals surface area contributed by atoms with Gasteiger partial charge in [0.05, 0.1) is 25.4 Å². The summed E-state index contributed by atoms with van der Waals surface area (Å²) in [4.78, 5) is 24.5. The number of amides is 1. The summed E-state index contributed by atoms with van der Waals surface area (Å²) in [6, 6.07) is -0.552. The molecular weight excluding hydrogens is 767 g/mol. The van der Waals surface area contributed by atoms with Gasteiger partial charge in [0.25, 0.3) is 0 Å². The summed E-state index contributed by atoms with van der Waals surface area (Å²) < 4.78 is 5.48. The molecule has 0 aromatic rings. The second-order valence-corrected chi connectivity index (χ2v) is 19.3. The SMILES string of the molecule is CCCCCCCC/C=C\CCCCCCCCCCCC(=O)OCCCCCCCCCCCCCCC(=O)NC(CO)C(O)CCCCCCCCCCCCCCCC. The predicted octanol–water partition coefficient (Wildman–Crippen LogP) is 16.9. The van der Waals surface area contributed by atoms with Gasteiger partial charge in [0.2, 0.25) is 5.91 Å². The molecule has 368 valence electrons. The average molecular weight is 876 g/mol. The lowest BCUT2D eigenvalue weighted by atomic mass is 10.0. The van der Waals surface area contributed by atoms with Crippen LogP contribution < -0.4 is 5.32 Å². The first-order valence-corrected chi connectivity index (χ1v) is 27.9. The van der Waals surface area contributed by atoms with Crippen LogP contribution in [-0.2, 0) is 14.3 Å². The molecule has 0 saturated carbocycles. The molecule has 2 unspecified atom stereocenters. The van der Waals surface area contributed by atoms with E-state index >= 15 is 0 Å². The van der Waals surface area contributed by atoms with E-state index in [4.69, 9.17) is 4.74 Å². The molecule has 2 atom stereocenters. The molecule has 0 fully saturated rings. The maximum atomic E-state index is 12.5. The van der Waals surface area contributed by atoms with Gasteiger partial charge >= 0.3 is 5.97 Å². The molecule has 62 heavy (non-hydrogen) atoms. The van der Waals surface area contributed by atoms with Crippen LogP contribution >= 0.6 is 0 Å². The van der Waals surface area contributed by atoms with Gasteiger partial charge in [-0.1, -0.05) is 257 Å². The van der Waals surface area contributed by atoms with Crippen LogP contribution in [0.4, 0.5) is 0 Å². The van der Waals surface area contributed by atoms with E-state index < -0.39 is 12.1 Å². The maximum absolute atomic E-state index is 12.5. The maximum Gasteiger partial charge on any atom is 0.305 e. The van der Waals surface area contributed by atoms with Crippen molar-refractivity contribution >= 4 is 11.9 Å². The van der Waals surface area contributed by atoms with Crippen LogP contribution in [0.3, 0.4) is 0 Å². The molecule has 0 aromatic heterocycles. The highest BCUT2D eigenvalue weighted by Crippen LogP contribution is 2.17. The van der Waals surface area contributed by atoms with Crippen molar-refractivity contribution in [3.8, 4) is 0 Å². The van der Waals surface area contributed by atoms with Gasteiger partial charge in [-0.15, -0.1) is 0 Å². The minimum Gasteiger partial charge on any atom is -0.466 e. The van der Waals surface area contributed by atoms with Crippen molar-refractivity contribution in [3.63, 3.8) is 0 Å². The summed E-state index contributed by atoms with van der Waals surface area (Å²) in [7, 11) is 0. The van der Waals surface area contributed by atoms with Crippen LogP contribution in [0.25, 0.3) is 0 Å². The van der Waals surface area contributed by atoms with Gasteiger partial charge in [-0.25, -0.2) is 0 Å². The molecule has 6 nitrogen and oxygen atoms in total. The summed E-state index contributed by atoms with van der Waals surface area (Å²) in [5.41, 5.74) is 0. The number of nitrogens with one attached hydrogen (secondary N) is 1. The van der Waals surface area contributed by atoms with Gasteiger partial charge in [0.15, 0.2) is 0 Å². The average Bonchev–Trinajstić information content (AvgIpc) is 3.27. The minimum absolute atomic E-state index is 0.00907. The van der Waals surface area contributed by atoms with Gasteiger partial charge in [-0.2, -0.15) is 0 Å². The Bertz CT molecular complexity index is 924. The molecule has 0 aliphatic carbocycles. The lowest BCUT2D eigenvalue weighted by Crippen LogP contribution is -2.45. The van der Waals surface area contributed by atoms with E-state index in [0.717, 1.165) is 57.8 Å². The Morgan fingerprint density at radius 2 is 0.758 bits per heavy atom. The molecule has 6 heteroatoms. The largest absolute Gasteiger partial charge is 0.466 e. The molecule has 0 saturated heterocycles. The lowest BCUT2D eigenvalue weighted by molar-refractivity contribution is -0.143. The Labute approximate surface area is 387 Å². The highest BCUT2D eigenvalue weighted by Gasteiger charge is 2.20. The fourth-order valence-corrected chi connectivity index (χ4v) is 8.75. The van der Waals surface area contributed by atoms with E-state index in [0.29, 0.717) is 25.9 Å². The second kappa shape index (κ2) is 52.2. The molecule has 3 N–H and O–H groups in total. The Morgan fingerprint density at radius 1 is 0.435 bits per heavy atom. The van der Waals surface area contributed by atoms with Crippen LogP contribution in [0.15, 0.2) is 12.2 Å². The van der Waals surface area contributed by atoms with Crippen molar-refractivity contribution < 1.29 is 24.5 Å². The minimum atomic E-state index is -0.673. The highest BCUT2D eigenvalue weighted by molar-refractivity contribution is 5.76. The van der Waals surface area contributed by atoms with Gasteiger partial charge in [-0.3, -0.25) is 9.59 Å². The van der Waals surface area contributed by atoms with E-state index in [1.807, 2.05) is 0 Å². The number of aliphatic hydroxyl groups is 2. The smallest absolute Gasteiger partial charge is 0.305 e. The van der Waals surface area contributed by atoms with Crippen molar-refractivity contribution in [1.29, 1.82) is 0 Å². The molecule has 0 aliphatic heterocycles. The van der Waals surface area contributed by atoms with Crippen molar-refractivity contribution in [2.75, 3.05) is 13.2 Å². The lowest BCUT2D eigenvalue weighted by Gasteiger charge is -2.22. The van der Waals surface area contributed by atoms with Gasteiger partial charge < -0.3 is 20.3 Å². The summed E-state index contributed by atoms with van der Waals surface area (Å²) in [6.45, 7) is 4.93. The third-order valence-electron chi connectivity index (χ3n) is 13.1. The van der Waals surface area contributed by atoms with Crippen LogP contribution in [0, 0.1) is 0 Å². The summed E-state index contributed by atoms with van der Waals surface area (Å²) in [5, 5.41) is 23.2. The fourth-order valence-electron chi connectivity index (χ4n) is 8.75. The quantitative estimate of drug-likeness (QED) is 0.0321. The summed E-state index contributed by atoms with van der Waals surface area (Å²) >= 11 is 0. The standard InChI is InChI=1S/C56H109NO5/c1-3-5-7-9-11-13-15-17-19-20-21-22-23-25-30-34-38-42-46-50-56(61)62-51-47-43-39-35-31-27-26-29-33-37-41-45-49-55(60)57-53(52-58)54(59)48-44-40-36-32-28-24-18-16-14-12-10-8-6-4-2/h17,19,53-54,58-59H,3-16,18,20-52H2,1-2H3,(H,57,60)/b19-17-. The monoisotopic (exact) mass is 876 g/mol. The first-order valence-electron chi connectivity index (χ1n) is 27.9.